The van der Waals surface area contributed by atoms with Gasteiger partial charge in [-0.3, -0.25) is 9.30 Å². The zero-order chi connectivity index (χ0) is 30.4. The molecule has 4 aromatic heterocycles. The highest BCUT2D eigenvalue weighted by atomic mass is 127. The number of likely N-dealkylation sites (tertiary alicyclic amines) is 1. The first-order valence-corrected chi connectivity index (χ1v) is 16.8. The Balaban J connectivity index is 1.12. The molecule has 10 nitrogen and oxygen atoms in total. The molecule has 1 N–H and O–H groups in total. The van der Waals surface area contributed by atoms with Crippen molar-refractivity contribution in [3.05, 3.63) is 71.4 Å². The molecule has 13 heteroatoms. The summed E-state index contributed by atoms with van der Waals surface area (Å²) >= 11 is 3.72. The number of hydrogen-bond donors (Lipinski definition) is 1. The Hall–Kier alpha value is -3.71. The third-order valence-corrected chi connectivity index (χ3v) is 10.2. The van der Waals surface area contributed by atoms with Crippen LogP contribution in [0, 0.1) is 17.1 Å². The molecule has 2 aliphatic heterocycles. The summed E-state index contributed by atoms with van der Waals surface area (Å²) in [4.78, 5) is 26.1. The van der Waals surface area contributed by atoms with Gasteiger partial charge in [-0.25, -0.2) is 24.3 Å². The predicted molar refractivity (Wildman–Crippen MR) is 179 cm³/mol. The quantitative estimate of drug-likeness (QED) is 0.127. The van der Waals surface area contributed by atoms with Crippen molar-refractivity contribution in [2.24, 2.45) is 0 Å². The number of anilines is 3. The van der Waals surface area contributed by atoms with Crippen LogP contribution in [0.15, 0.2) is 55.0 Å². The number of aryl methyl sites for hydroxylation is 1. The number of pyridine rings is 1. The van der Waals surface area contributed by atoms with Gasteiger partial charge in [0.2, 0.25) is 5.95 Å². The number of nitriles is 1. The van der Waals surface area contributed by atoms with Gasteiger partial charge in [-0.05, 0) is 42.8 Å². The summed E-state index contributed by atoms with van der Waals surface area (Å²) in [5, 5.41) is 14.2. The highest BCUT2D eigenvalue weighted by Crippen LogP contribution is 2.37. The van der Waals surface area contributed by atoms with Gasteiger partial charge in [0, 0.05) is 80.6 Å². The molecule has 5 aromatic rings. The van der Waals surface area contributed by atoms with E-state index in [1.54, 1.807) is 12.1 Å². The Morgan fingerprint density at radius 1 is 1.02 bits per heavy atom. The molecule has 0 unspecified atom stereocenters. The van der Waals surface area contributed by atoms with Crippen molar-refractivity contribution in [1.82, 2.24) is 34.6 Å². The summed E-state index contributed by atoms with van der Waals surface area (Å²) in [6.45, 7) is 6.17. The van der Waals surface area contributed by atoms with E-state index in [2.05, 4.69) is 55.1 Å². The van der Waals surface area contributed by atoms with Gasteiger partial charge in [0.25, 0.3) is 0 Å². The van der Waals surface area contributed by atoms with E-state index in [9.17, 15) is 9.65 Å². The smallest absolute Gasteiger partial charge is 0.225 e. The Bertz CT molecular complexity index is 1840. The molecule has 2 aliphatic rings. The van der Waals surface area contributed by atoms with Crippen molar-refractivity contribution in [3.8, 4) is 28.5 Å². The van der Waals surface area contributed by atoms with Crippen molar-refractivity contribution < 1.29 is 4.39 Å². The maximum absolute atomic E-state index is 13.5. The zero-order valence-corrected chi connectivity index (χ0v) is 27.3. The molecule has 1 aromatic carbocycles. The summed E-state index contributed by atoms with van der Waals surface area (Å²) in [5.41, 5.74) is 4.85. The van der Waals surface area contributed by atoms with E-state index in [0.717, 1.165) is 71.4 Å². The van der Waals surface area contributed by atoms with Gasteiger partial charge in [-0.15, -0.1) is 0 Å². The number of halogens is 2. The van der Waals surface area contributed by atoms with Crippen LogP contribution in [0.25, 0.3) is 28.0 Å². The average molecular weight is 721 g/mol. The molecular formula is C31H30FIN10S. The fourth-order valence-corrected chi connectivity index (χ4v) is 7.16. The van der Waals surface area contributed by atoms with Crippen molar-refractivity contribution >= 4 is 56.5 Å². The first-order valence-electron chi connectivity index (χ1n) is 14.5. The standard InChI is InChI=1S/C31H30FIN10S/c1-3-25-29(40(2)31-39-28(26(10-34)44-31)19-4-7-22(32)8-5-19)43-13-20(6-9-27(43)38-25)21-11-35-30(36-12-21)42-16-24(17-42)37-23-14-41(15-23)18-33/h4-9,11-13,23-24,37H,3,14-18H2,1-2H3. The van der Waals surface area contributed by atoms with E-state index < -0.39 is 0 Å². The first kappa shape index (κ1) is 29.0. The lowest BCUT2D eigenvalue weighted by atomic mass is 10.0. The Labute approximate surface area is 272 Å². The minimum absolute atomic E-state index is 0.330. The van der Waals surface area contributed by atoms with Gasteiger partial charge in [0.1, 0.15) is 33.9 Å². The summed E-state index contributed by atoms with van der Waals surface area (Å²) in [6, 6.07) is 13.4. The third-order valence-electron chi connectivity index (χ3n) is 8.17. The summed E-state index contributed by atoms with van der Waals surface area (Å²) in [6.07, 6.45) is 6.53. The number of benzene rings is 1. The van der Waals surface area contributed by atoms with E-state index in [4.69, 9.17) is 19.9 Å². The number of fused-ring (bicyclic) bond motifs is 1. The molecule has 6 heterocycles. The SMILES string of the molecule is CCc1nc2ccc(-c3cnc(N4CC(NC5CN(CI)C5)C4)nc3)cn2c1N(C)c1nc(-c2ccc(F)cc2)c(C#N)s1. The molecule has 2 saturated heterocycles. The van der Waals surface area contributed by atoms with Crippen molar-refractivity contribution in [3.63, 3.8) is 0 Å². The third kappa shape index (κ3) is 5.40. The van der Waals surface area contributed by atoms with Crippen molar-refractivity contribution in [2.75, 3.05) is 47.6 Å². The van der Waals surface area contributed by atoms with E-state index in [-0.39, 0.29) is 5.82 Å². The topological polar surface area (TPSA) is 102 Å². The van der Waals surface area contributed by atoms with Crippen LogP contribution in [0.3, 0.4) is 0 Å². The summed E-state index contributed by atoms with van der Waals surface area (Å²) in [5.74, 6) is 1.29. The van der Waals surface area contributed by atoms with Crippen molar-refractivity contribution in [2.45, 2.75) is 25.4 Å². The van der Waals surface area contributed by atoms with Crippen LogP contribution in [0.5, 0.6) is 0 Å². The van der Waals surface area contributed by atoms with E-state index in [1.807, 2.05) is 42.7 Å². The molecule has 44 heavy (non-hydrogen) atoms. The molecule has 0 spiro atoms. The Kier molecular flexibility index (Phi) is 7.91. The van der Waals surface area contributed by atoms with E-state index in [0.29, 0.717) is 33.3 Å². The van der Waals surface area contributed by atoms with Crippen LogP contribution in [-0.4, -0.2) is 79.1 Å². The lowest BCUT2D eigenvalue weighted by molar-refractivity contribution is 0.141. The lowest BCUT2D eigenvalue weighted by Crippen LogP contribution is -2.67. The fraction of sp³-hybridized carbons (Fsp3) is 0.323. The van der Waals surface area contributed by atoms with Crippen LogP contribution in [0.2, 0.25) is 0 Å². The van der Waals surface area contributed by atoms with Gasteiger partial charge in [0.05, 0.1) is 10.2 Å². The molecule has 0 bridgehead atoms. The maximum Gasteiger partial charge on any atom is 0.225 e. The number of hydrogen-bond acceptors (Lipinski definition) is 10. The molecule has 0 aliphatic carbocycles. The Morgan fingerprint density at radius 2 is 1.73 bits per heavy atom. The molecule has 0 saturated carbocycles. The predicted octanol–water partition coefficient (Wildman–Crippen LogP) is 5.11. The van der Waals surface area contributed by atoms with Crippen LogP contribution in [0.4, 0.5) is 21.3 Å². The number of aromatic nitrogens is 5. The van der Waals surface area contributed by atoms with Crippen LogP contribution in [0.1, 0.15) is 17.5 Å². The Morgan fingerprint density at radius 3 is 2.41 bits per heavy atom. The molecule has 0 radical (unpaired) electrons. The lowest BCUT2D eigenvalue weighted by Gasteiger charge is -2.46. The molecular weight excluding hydrogens is 690 g/mol. The van der Waals surface area contributed by atoms with Crippen LogP contribution < -0.4 is 15.1 Å². The molecule has 7 rings (SSSR count). The number of imidazole rings is 1. The highest BCUT2D eigenvalue weighted by molar-refractivity contribution is 14.1. The summed E-state index contributed by atoms with van der Waals surface area (Å²) in [7, 11) is 1.93. The second-order valence-electron chi connectivity index (χ2n) is 11.1. The maximum atomic E-state index is 13.5. The second-order valence-corrected chi connectivity index (χ2v) is 12.8. The van der Waals surface area contributed by atoms with Crippen LogP contribution in [-0.2, 0) is 6.42 Å². The number of nitrogens with zero attached hydrogens (tertiary/aromatic N) is 9. The summed E-state index contributed by atoms with van der Waals surface area (Å²) < 4.78 is 16.7. The van der Waals surface area contributed by atoms with Crippen molar-refractivity contribution in [1.29, 1.82) is 5.26 Å². The number of thiazole rings is 1. The number of nitrogens with one attached hydrogen (secondary N) is 1. The molecule has 224 valence electrons. The normalized spacial score (nSPS) is 15.8. The monoisotopic (exact) mass is 720 g/mol. The average Bonchev–Trinajstić information content (AvgIpc) is 3.61. The first-order chi connectivity index (χ1) is 21.4. The zero-order valence-electron chi connectivity index (χ0n) is 24.3. The molecule has 2 fully saturated rings. The fourth-order valence-electron chi connectivity index (χ4n) is 5.75. The van der Waals surface area contributed by atoms with E-state index in [1.165, 1.54) is 23.5 Å². The largest absolute Gasteiger partial charge is 0.338 e. The number of alkyl halides is 1. The minimum atomic E-state index is -0.330. The van der Waals surface area contributed by atoms with Gasteiger partial charge < -0.3 is 15.1 Å². The van der Waals surface area contributed by atoms with Crippen LogP contribution >= 0.6 is 33.9 Å². The highest BCUT2D eigenvalue weighted by Gasteiger charge is 2.34. The van der Waals surface area contributed by atoms with E-state index >= 15 is 0 Å². The van der Waals surface area contributed by atoms with Gasteiger partial charge in [0.15, 0.2) is 5.13 Å². The molecule has 0 amide bonds. The second kappa shape index (κ2) is 12.0. The van der Waals surface area contributed by atoms with Gasteiger partial charge >= 0.3 is 0 Å². The number of rotatable bonds is 9. The minimum Gasteiger partial charge on any atom is -0.338 e. The molecule has 0 atom stereocenters. The van der Waals surface area contributed by atoms with Gasteiger partial charge in [-0.1, -0.05) is 40.9 Å². The van der Waals surface area contributed by atoms with Gasteiger partial charge in [-0.2, -0.15) is 5.26 Å².